The van der Waals surface area contributed by atoms with Crippen molar-refractivity contribution >= 4 is 5.69 Å². The molecule has 2 heteroatoms. The van der Waals surface area contributed by atoms with Crippen LogP contribution in [0, 0.1) is 11.3 Å². The summed E-state index contributed by atoms with van der Waals surface area (Å²) in [5, 5.41) is 9.06. The van der Waals surface area contributed by atoms with Crippen LogP contribution in [0.15, 0.2) is 30.4 Å². The highest BCUT2D eigenvalue weighted by Gasteiger charge is 2.30. The predicted molar refractivity (Wildman–Crippen MR) is 69.1 cm³/mol. The van der Waals surface area contributed by atoms with Crippen LogP contribution in [-0.2, 0) is 6.42 Å². The Morgan fingerprint density at radius 3 is 3.12 bits per heavy atom. The number of anilines is 1. The summed E-state index contributed by atoms with van der Waals surface area (Å²) in [4.78, 5) is 2.48. The summed E-state index contributed by atoms with van der Waals surface area (Å²) in [6, 6.07) is 8.75. The first-order chi connectivity index (χ1) is 8.31. The summed E-state index contributed by atoms with van der Waals surface area (Å²) in [5.41, 5.74) is 4.87. The molecule has 86 valence electrons. The van der Waals surface area contributed by atoms with E-state index in [1.165, 1.54) is 29.7 Å². The van der Waals surface area contributed by atoms with E-state index in [1.807, 2.05) is 0 Å². The number of rotatable bonds is 1. The summed E-state index contributed by atoms with van der Waals surface area (Å²) in [6.45, 7) is 6.14. The minimum absolute atomic E-state index is 0.240. The van der Waals surface area contributed by atoms with Gasteiger partial charge < -0.3 is 4.90 Å². The molecule has 0 spiro atoms. The van der Waals surface area contributed by atoms with Gasteiger partial charge in [0.25, 0.3) is 0 Å². The quantitative estimate of drug-likeness (QED) is 0.686. The number of nitrogens with zero attached hydrogens (tertiary/aromatic N) is 2. The van der Waals surface area contributed by atoms with Crippen molar-refractivity contribution in [1.29, 1.82) is 5.26 Å². The molecular formula is C15H16N2. The van der Waals surface area contributed by atoms with Gasteiger partial charge in [-0.15, -0.1) is 0 Å². The van der Waals surface area contributed by atoms with Crippen LogP contribution < -0.4 is 4.90 Å². The fraction of sp³-hybridized carbons (Fsp3) is 0.400. The Hall–Kier alpha value is -1.75. The zero-order chi connectivity index (χ0) is 11.8. The van der Waals surface area contributed by atoms with E-state index in [1.54, 1.807) is 0 Å². The van der Waals surface area contributed by atoms with Crippen LogP contribution in [0.1, 0.15) is 29.9 Å². The highest BCUT2D eigenvalue weighted by Crippen LogP contribution is 2.42. The first-order valence-electron chi connectivity index (χ1n) is 6.27. The predicted octanol–water partition coefficient (Wildman–Crippen LogP) is 3.01. The number of aryl methyl sites for hydroxylation is 1. The molecule has 1 aromatic carbocycles. The minimum Gasteiger partial charge on any atom is -0.371 e. The van der Waals surface area contributed by atoms with Crippen LogP contribution in [0.5, 0.6) is 0 Å². The Kier molecular flexibility index (Phi) is 2.40. The molecule has 1 aromatic rings. The zero-order valence-corrected chi connectivity index (χ0v) is 9.95. The Morgan fingerprint density at radius 1 is 1.41 bits per heavy atom. The van der Waals surface area contributed by atoms with Crippen LogP contribution in [0.2, 0.25) is 0 Å². The molecule has 0 amide bonds. The maximum atomic E-state index is 9.06. The van der Waals surface area contributed by atoms with Gasteiger partial charge >= 0.3 is 0 Å². The van der Waals surface area contributed by atoms with Gasteiger partial charge in [0.1, 0.15) is 0 Å². The van der Waals surface area contributed by atoms with Crippen molar-refractivity contribution in [2.24, 2.45) is 0 Å². The number of benzene rings is 1. The smallest absolute Gasteiger partial charge is 0.0947 e. The van der Waals surface area contributed by atoms with Crippen molar-refractivity contribution in [3.63, 3.8) is 0 Å². The van der Waals surface area contributed by atoms with Gasteiger partial charge in [-0.05, 0) is 30.4 Å². The molecule has 0 N–H and O–H groups in total. The van der Waals surface area contributed by atoms with Crippen LogP contribution in [0.3, 0.4) is 0 Å². The third-order valence-corrected chi connectivity index (χ3v) is 3.97. The minimum atomic E-state index is 0.240. The van der Waals surface area contributed by atoms with E-state index < -0.39 is 0 Å². The molecule has 1 atom stereocenters. The van der Waals surface area contributed by atoms with Crippen molar-refractivity contribution in [2.75, 3.05) is 18.0 Å². The Labute approximate surface area is 102 Å². The van der Waals surface area contributed by atoms with Gasteiger partial charge in [0.2, 0.25) is 0 Å². The second-order valence-corrected chi connectivity index (χ2v) is 4.92. The average Bonchev–Trinajstić information content (AvgIpc) is 2.39. The monoisotopic (exact) mass is 224 g/mol. The van der Waals surface area contributed by atoms with E-state index in [0.717, 1.165) is 19.5 Å². The maximum absolute atomic E-state index is 9.06. The van der Waals surface area contributed by atoms with E-state index in [0.29, 0.717) is 5.57 Å². The highest BCUT2D eigenvalue weighted by molar-refractivity contribution is 5.65. The van der Waals surface area contributed by atoms with E-state index in [2.05, 4.69) is 35.7 Å². The summed E-state index contributed by atoms with van der Waals surface area (Å²) in [7, 11) is 0. The SMILES string of the molecule is C=C(C#N)C1CCN2CCCc3cccc1c32. The van der Waals surface area contributed by atoms with E-state index in [-0.39, 0.29) is 5.92 Å². The van der Waals surface area contributed by atoms with Crippen molar-refractivity contribution in [3.8, 4) is 6.07 Å². The average molecular weight is 224 g/mol. The molecule has 0 radical (unpaired) electrons. The molecule has 0 bridgehead atoms. The molecule has 0 saturated carbocycles. The standard InChI is InChI=1S/C15H16N2/c1-11(10-16)13-7-9-17-8-3-5-12-4-2-6-14(13)15(12)17/h2,4,6,13H,1,3,5,7-9H2. The summed E-state index contributed by atoms with van der Waals surface area (Å²) < 4.78 is 0. The van der Waals surface area contributed by atoms with Gasteiger partial charge in [0, 0.05) is 30.3 Å². The van der Waals surface area contributed by atoms with E-state index in [9.17, 15) is 0 Å². The van der Waals surface area contributed by atoms with Crippen molar-refractivity contribution in [2.45, 2.75) is 25.2 Å². The van der Waals surface area contributed by atoms with Crippen molar-refractivity contribution in [3.05, 3.63) is 41.5 Å². The fourth-order valence-corrected chi connectivity index (χ4v) is 3.16. The van der Waals surface area contributed by atoms with Crippen LogP contribution in [0.4, 0.5) is 5.69 Å². The number of hydrogen-bond acceptors (Lipinski definition) is 2. The molecule has 2 aliphatic heterocycles. The summed E-state index contributed by atoms with van der Waals surface area (Å²) in [6.07, 6.45) is 3.45. The summed E-state index contributed by atoms with van der Waals surface area (Å²) in [5.74, 6) is 0.240. The number of para-hydroxylation sites is 1. The molecule has 0 aromatic heterocycles. The van der Waals surface area contributed by atoms with Crippen LogP contribution in [0.25, 0.3) is 0 Å². The molecule has 0 fully saturated rings. The molecule has 3 rings (SSSR count). The second kappa shape index (κ2) is 3.92. The lowest BCUT2D eigenvalue weighted by Gasteiger charge is -2.39. The Balaban J connectivity index is 2.13. The molecule has 0 aliphatic carbocycles. The third-order valence-electron chi connectivity index (χ3n) is 3.97. The van der Waals surface area contributed by atoms with Gasteiger partial charge in [-0.3, -0.25) is 0 Å². The Bertz CT molecular complexity index is 510. The molecule has 2 aliphatic rings. The molecule has 2 nitrogen and oxygen atoms in total. The van der Waals surface area contributed by atoms with Gasteiger partial charge in [0.15, 0.2) is 0 Å². The van der Waals surface area contributed by atoms with E-state index >= 15 is 0 Å². The fourth-order valence-electron chi connectivity index (χ4n) is 3.16. The molecule has 17 heavy (non-hydrogen) atoms. The Morgan fingerprint density at radius 2 is 2.29 bits per heavy atom. The van der Waals surface area contributed by atoms with Crippen molar-refractivity contribution in [1.82, 2.24) is 0 Å². The number of nitriles is 1. The first-order valence-corrected chi connectivity index (χ1v) is 6.27. The third kappa shape index (κ3) is 1.54. The molecule has 0 saturated heterocycles. The first kappa shape index (κ1) is 10.4. The lowest BCUT2D eigenvalue weighted by atomic mass is 9.82. The highest BCUT2D eigenvalue weighted by atomic mass is 15.1. The topological polar surface area (TPSA) is 27.0 Å². The van der Waals surface area contributed by atoms with E-state index in [4.69, 9.17) is 5.26 Å². The second-order valence-electron chi connectivity index (χ2n) is 4.92. The van der Waals surface area contributed by atoms with Crippen LogP contribution >= 0.6 is 0 Å². The normalized spacial score (nSPS) is 21.6. The maximum Gasteiger partial charge on any atom is 0.0947 e. The zero-order valence-electron chi connectivity index (χ0n) is 9.95. The lowest BCUT2D eigenvalue weighted by molar-refractivity contribution is 0.598. The molecular weight excluding hydrogens is 208 g/mol. The number of hydrogen-bond donors (Lipinski definition) is 0. The van der Waals surface area contributed by atoms with Crippen LogP contribution in [-0.4, -0.2) is 13.1 Å². The van der Waals surface area contributed by atoms with Gasteiger partial charge in [-0.25, -0.2) is 0 Å². The largest absolute Gasteiger partial charge is 0.371 e. The van der Waals surface area contributed by atoms with Crippen molar-refractivity contribution < 1.29 is 0 Å². The van der Waals surface area contributed by atoms with Gasteiger partial charge in [0.05, 0.1) is 6.07 Å². The lowest BCUT2D eigenvalue weighted by Crippen LogP contribution is -2.36. The van der Waals surface area contributed by atoms with Gasteiger partial charge in [-0.1, -0.05) is 24.8 Å². The van der Waals surface area contributed by atoms with Gasteiger partial charge in [-0.2, -0.15) is 5.26 Å². The molecule has 2 heterocycles. The number of allylic oxidation sites excluding steroid dienone is 1. The summed E-state index contributed by atoms with van der Waals surface area (Å²) >= 11 is 0. The molecule has 1 unspecified atom stereocenters.